The molecule has 0 saturated carbocycles. The molecular formula is C17H34N2O3. The Balaban J connectivity index is 0. The van der Waals surface area contributed by atoms with Crippen molar-refractivity contribution in [3.8, 4) is 0 Å². The molecule has 0 saturated heterocycles. The fourth-order valence-electron chi connectivity index (χ4n) is 1.30. The van der Waals surface area contributed by atoms with E-state index in [1.54, 1.807) is 27.0 Å². The number of nitrogens with zero attached hydrogens (tertiary/aromatic N) is 1. The standard InChI is InChI=1S/C14H26N2O3.C3H8/c1-7-19-13(18)10(2)8-9-16(6)12(17)11(15)14(3,4)5;1-3-2/h8,11H,7,9,15H2,1-6H3;3H2,1-2H3/b10-8+;. The van der Waals surface area contributed by atoms with E-state index in [-0.39, 0.29) is 17.3 Å². The largest absolute Gasteiger partial charge is 0.463 e. The topological polar surface area (TPSA) is 72.6 Å². The number of likely N-dealkylation sites (N-methyl/N-ethyl adjacent to an activating group) is 1. The molecule has 0 fully saturated rings. The Hall–Kier alpha value is -1.36. The van der Waals surface area contributed by atoms with Crippen molar-refractivity contribution in [2.24, 2.45) is 11.1 Å². The van der Waals surface area contributed by atoms with Crippen LogP contribution in [0.1, 0.15) is 54.9 Å². The molecule has 0 heterocycles. The zero-order valence-electron chi connectivity index (χ0n) is 15.5. The molecule has 5 heteroatoms. The molecule has 0 spiro atoms. The van der Waals surface area contributed by atoms with Crippen LogP contribution >= 0.6 is 0 Å². The highest BCUT2D eigenvalue weighted by Gasteiger charge is 2.29. The highest BCUT2D eigenvalue weighted by molar-refractivity contribution is 5.88. The second kappa shape index (κ2) is 11.2. The Morgan fingerprint density at radius 2 is 1.68 bits per heavy atom. The normalized spacial score (nSPS) is 12.9. The number of ether oxygens (including phenoxy) is 1. The smallest absolute Gasteiger partial charge is 0.333 e. The Kier molecular flexibility index (Phi) is 11.7. The molecule has 5 nitrogen and oxygen atoms in total. The Morgan fingerprint density at radius 1 is 1.23 bits per heavy atom. The summed E-state index contributed by atoms with van der Waals surface area (Å²) in [6.07, 6.45) is 2.92. The van der Waals surface area contributed by atoms with E-state index < -0.39 is 6.04 Å². The first-order chi connectivity index (χ1) is 10.0. The summed E-state index contributed by atoms with van der Waals surface area (Å²) in [5, 5.41) is 0. The van der Waals surface area contributed by atoms with Crippen LogP contribution in [0.4, 0.5) is 0 Å². The molecule has 0 bridgehead atoms. The molecule has 1 unspecified atom stereocenters. The predicted octanol–water partition coefficient (Wildman–Crippen LogP) is 2.74. The number of nitrogens with two attached hydrogens (primary N) is 1. The number of hydrogen-bond donors (Lipinski definition) is 1. The molecule has 0 aromatic carbocycles. The van der Waals surface area contributed by atoms with E-state index in [0.717, 1.165) is 0 Å². The SMILES string of the molecule is CCC.CCOC(=O)/C(C)=C/CN(C)C(=O)C(N)C(C)(C)C. The predicted molar refractivity (Wildman–Crippen MR) is 91.4 cm³/mol. The van der Waals surface area contributed by atoms with Crippen molar-refractivity contribution in [3.05, 3.63) is 11.6 Å². The van der Waals surface area contributed by atoms with Gasteiger partial charge in [0.15, 0.2) is 0 Å². The lowest BCUT2D eigenvalue weighted by atomic mass is 9.86. The monoisotopic (exact) mass is 314 g/mol. The summed E-state index contributed by atoms with van der Waals surface area (Å²) in [4.78, 5) is 25.0. The Morgan fingerprint density at radius 3 is 2.05 bits per heavy atom. The zero-order chi connectivity index (χ0) is 17.9. The highest BCUT2D eigenvalue weighted by Crippen LogP contribution is 2.18. The quantitative estimate of drug-likeness (QED) is 0.625. The van der Waals surface area contributed by atoms with Gasteiger partial charge in [-0.15, -0.1) is 0 Å². The second-order valence-electron chi connectivity index (χ2n) is 6.38. The van der Waals surface area contributed by atoms with Gasteiger partial charge < -0.3 is 15.4 Å². The fourth-order valence-corrected chi connectivity index (χ4v) is 1.30. The first-order valence-electron chi connectivity index (χ1n) is 7.87. The third-order valence-electron chi connectivity index (χ3n) is 2.84. The van der Waals surface area contributed by atoms with Gasteiger partial charge in [0.25, 0.3) is 0 Å². The van der Waals surface area contributed by atoms with Gasteiger partial charge in [0.05, 0.1) is 12.6 Å². The van der Waals surface area contributed by atoms with Crippen LogP contribution in [0.25, 0.3) is 0 Å². The molecule has 2 N–H and O–H groups in total. The first kappa shape index (κ1) is 22.9. The first-order valence-corrected chi connectivity index (χ1v) is 7.87. The van der Waals surface area contributed by atoms with Crippen LogP contribution in [-0.2, 0) is 14.3 Å². The second-order valence-corrected chi connectivity index (χ2v) is 6.38. The van der Waals surface area contributed by atoms with Gasteiger partial charge in [-0.1, -0.05) is 47.1 Å². The Labute approximate surface area is 135 Å². The summed E-state index contributed by atoms with van der Waals surface area (Å²) >= 11 is 0. The highest BCUT2D eigenvalue weighted by atomic mass is 16.5. The van der Waals surface area contributed by atoms with Gasteiger partial charge in [0.1, 0.15) is 0 Å². The van der Waals surface area contributed by atoms with Gasteiger partial charge in [-0.2, -0.15) is 0 Å². The van der Waals surface area contributed by atoms with E-state index in [1.807, 2.05) is 20.8 Å². The van der Waals surface area contributed by atoms with Gasteiger partial charge in [0, 0.05) is 19.2 Å². The molecule has 130 valence electrons. The third kappa shape index (κ3) is 9.55. The lowest BCUT2D eigenvalue weighted by molar-refractivity contribution is -0.138. The summed E-state index contributed by atoms with van der Waals surface area (Å²) < 4.78 is 4.86. The van der Waals surface area contributed by atoms with Crippen LogP contribution in [0.2, 0.25) is 0 Å². The van der Waals surface area contributed by atoms with Crippen LogP contribution in [-0.4, -0.2) is 43.0 Å². The minimum absolute atomic E-state index is 0.139. The molecule has 22 heavy (non-hydrogen) atoms. The number of rotatable bonds is 5. The van der Waals surface area contributed by atoms with Crippen molar-refractivity contribution in [3.63, 3.8) is 0 Å². The molecule has 1 atom stereocenters. The average Bonchev–Trinajstić information content (AvgIpc) is 2.42. The minimum atomic E-state index is -0.561. The molecule has 0 rings (SSSR count). The van der Waals surface area contributed by atoms with Crippen LogP contribution in [0, 0.1) is 5.41 Å². The summed E-state index contributed by atoms with van der Waals surface area (Å²) in [5.74, 6) is -0.496. The minimum Gasteiger partial charge on any atom is -0.463 e. The lowest BCUT2D eigenvalue weighted by Gasteiger charge is -2.29. The number of carbonyl (C=O) groups excluding carboxylic acids is 2. The van der Waals surface area contributed by atoms with E-state index in [9.17, 15) is 9.59 Å². The van der Waals surface area contributed by atoms with Gasteiger partial charge >= 0.3 is 5.97 Å². The van der Waals surface area contributed by atoms with Crippen LogP contribution in [0.5, 0.6) is 0 Å². The molecular weight excluding hydrogens is 280 g/mol. The van der Waals surface area contributed by atoms with Crippen molar-refractivity contribution in [1.82, 2.24) is 4.90 Å². The van der Waals surface area contributed by atoms with E-state index in [0.29, 0.717) is 18.7 Å². The zero-order valence-corrected chi connectivity index (χ0v) is 15.5. The number of amides is 1. The maximum Gasteiger partial charge on any atom is 0.333 e. The third-order valence-corrected chi connectivity index (χ3v) is 2.84. The molecule has 0 aromatic heterocycles. The van der Waals surface area contributed by atoms with Gasteiger partial charge in [-0.25, -0.2) is 4.79 Å². The maximum absolute atomic E-state index is 12.1. The van der Waals surface area contributed by atoms with Crippen molar-refractivity contribution in [2.75, 3.05) is 20.2 Å². The number of hydrogen-bond acceptors (Lipinski definition) is 4. The van der Waals surface area contributed by atoms with Crippen molar-refractivity contribution < 1.29 is 14.3 Å². The van der Waals surface area contributed by atoms with E-state index in [1.165, 1.54) is 11.3 Å². The summed E-state index contributed by atoms with van der Waals surface area (Å²) in [5.41, 5.74) is 6.11. The fraction of sp³-hybridized carbons (Fsp3) is 0.765. The average molecular weight is 314 g/mol. The molecule has 1 amide bonds. The van der Waals surface area contributed by atoms with Crippen LogP contribution in [0.15, 0.2) is 11.6 Å². The molecule has 0 aromatic rings. The van der Waals surface area contributed by atoms with Gasteiger partial charge in [-0.05, 0) is 19.3 Å². The molecule has 0 aliphatic heterocycles. The van der Waals surface area contributed by atoms with Gasteiger partial charge in [-0.3, -0.25) is 4.79 Å². The Bertz CT molecular complexity index is 371. The maximum atomic E-state index is 12.1. The van der Waals surface area contributed by atoms with Crippen molar-refractivity contribution in [1.29, 1.82) is 0 Å². The van der Waals surface area contributed by atoms with E-state index >= 15 is 0 Å². The number of esters is 1. The van der Waals surface area contributed by atoms with Crippen LogP contribution in [0.3, 0.4) is 0 Å². The van der Waals surface area contributed by atoms with E-state index in [4.69, 9.17) is 10.5 Å². The molecule has 0 radical (unpaired) electrons. The lowest BCUT2D eigenvalue weighted by Crippen LogP contribution is -2.49. The number of carbonyl (C=O) groups is 2. The molecule has 0 aliphatic carbocycles. The summed E-state index contributed by atoms with van der Waals surface area (Å²) in [6.45, 7) is 14.1. The van der Waals surface area contributed by atoms with Gasteiger partial charge in [0.2, 0.25) is 5.91 Å². The van der Waals surface area contributed by atoms with Crippen LogP contribution < -0.4 is 5.73 Å². The summed E-state index contributed by atoms with van der Waals surface area (Å²) in [6, 6.07) is -0.561. The van der Waals surface area contributed by atoms with Crippen molar-refractivity contribution in [2.45, 2.75) is 60.9 Å². The van der Waals surface area contributed by atoms with Crippen molar-refractivity contribution >= 4 is 11.9 Å². The molecule has 0 aliphatic rings. The summed E-state index contributed by atoms with van der Waals surface area (Å²) in [7, 11) is 1.67. The van der Waals surface area contributed by atoms with E-state index in [2.05, 4.69) is 13.8 Å².